The fraction of sp³-hybridized carbons (Fsp3) is 0.588. The maximum Gasteiger partial charge on any atom is 0.191 e. The van der Waals surface area contributed by atoms with E-state index < -0.39 is 0 Å². The summed E-state index contributed by atoms with van der Waals surface area (Å²) in [5, 5.41) is 6.50. The highest BCUT2D eigenvalue weighted by atomic mass is 127. The third kappa shape index (κ3) is 8.50. The molecule has 0 amide bonds. The number of nitrogens with zero attached hydrogens (tertiary/aromatic N) is 1. The molecule has 0 spiro atoms. The Bertz CT molecular complexity index is 472. The van der Waals surface area contributed by atoms with Crippen molar-refractivity contribution in [3.8, 4) is 0 Å². The van der Waals surface area contributed by atoms with Crippen LogP contribution in [0.5, 0.6) is 0 Å². The normalized spacial score (nSPS) is 13.2. The van der Waals surface area contributed by atoms with Crippen molar-refractivity contribution in [3.63, 3.8) is 0 Å². The number of nitrogens with one attached hydrogen (secondary N) is 2. The largest absolute Gasteiger partial charge is 0.379 e. The molecule has 1 atom stereocenters. The van der Waals surface area contributed by atoms with Crippen LogP contribution in [0.2, 0.25) is 0 Å². The van der Waals surface area contributed by atoms with Crippen LogP contribution in [0.3, 0.4) is 0 Å². The molecule has 132 valence electrons. The maximum atomic E-state index is 12.9. The summed E-state index contributed by atoms with van der Waals surface area (Å²) in [4.78, 5) is 4.52. The van der Waals surface area contributed by atoms with Gasteiger partial charge in [0, 0.05) is 20.2 Å². The molecule has 0 heterocycles. The van der Waals surface area contributed by atoms with Crippen molar-refractivity contribution in [2.75, 3.05) is 20.2 Å². The van der Waals surface area contributed by atoms with Crippen molar-refractivity contribution in [1.82, 2.24) is 10.6 Å². The van der Waals surface area contributed by atoms with Gasteiger partial charge in [-0.1, -0.05) is 32.9 Å². The number of hydrogen-bond acceptors (Lipinski definition) is 2. The van der Waals surface area contributed by atoms with E-state index in [4.69, 9.17) is 4.74 Å². The summed E-state index contributed by atoms with van der Waals surface area (Å²) in [6.45, 7) is 10.4. The Labute approximate surface area is 156 Å². The molecular weight excluding hydrogens is 408 g/mol. The number of rotatable bonds is 6. The molecule has 0 aliphatic heterocycles. The van der Waals surface area contributed by atoms with Crippen LogP contribution in [-0.2, 0) is 11.3 Å². The zero-order chi connectivity index (χ0) is 16.6. The number of methoxy groups -OCH3 is 1. The zero-order valence-electron chi connectivity index (χ0n) is 14.6. The highest BCUT2D eigenvalue weighted by molar-refractivity contribution is 14.0. The molecular formula is C17H29FIN3O. The lowest BCUT2D eigenvalue weighted by Gasteiger charge is -2.30. The summed E-state index contributed by atoms with van der Waals surface area (Å²) in [5.41, 5.74) is 1.02. The highest BCUT2D eigenvalue weighted by Gasteiger charge is 2.24. The monoisotopic (exact) mass is 437 g/mol. The maximum absolute atomic E-state index is 12.9. The lowest BCUT2D eigenvalue weighted by molar-refractivity contribution is 0.0205. The standard InChI is InChI=1S/C17H28FN3O.HI/c1-6-19-16(21-12-15(22-5)17(2,3)4)20-11-13-7-9-14(18)10-8-13;/h7-10,15H,6,11-12H2,1-5H3,(H2,19,20,21);1H. The van der Waals surface area contributed by atoms with Gasteiger partial charge in [-0.15, -0.1) is 24.0 Å². The van der Waals surface area contributed by atoms with E-state index in [1.807, 2.05) is 6.92 Å². The Morgan fingerprint density at radius 1 is 1.22 bits per heavy atom. The van der Waals surface area contributed by atoms with Gasteiger partial charge in [-0.3, -0.25) is 0 Å². The minimum atomic E-state index is -0.231. The van der Waals surface area contributed by atoms with E-state index in [9.17, 15) is 4.39 Å². The number of halogens is 2. The van der Waals surface area contributed by atoms with Crippen molar-refractivity contribution < 1.29 is 9.13 Å². The molecule has 0 bridgehead atoms. The second-order valence-electron chi connectivity index (χ2n) is 6.29. The van der Waals surface area contributed by atoms with Gasteiger partial charge in [0.25, 0.3) is 0 Å². The number of ether oxygens (including phenoxy) is 1. The van der Waals surface area contributed by atoms with Crippen LogP contribution in [0, 0.1) is 11.2 Å². The second-order valence-corrected chi connectivity index (χ2v) is 6.29. The van der Waals surface area contributed by atoms with Crippen molar-refractivity contribution in [1.29, 1.82) is 0 Å². The SMILES string of the molecule is CCNC(=NCc1ccc(F)cc1)NCC(OC)C(C)(C)C.I. The average molecular weight is 437 g/mol. The van der Waals surface area contributed by atoms with Crippen LogP contribution in [0.15, 0.2) is 29.3 Å². The first kappa shape index (κ1) is 22.1. The van der Waals surface area contributed by atoms with Crippen LogP contribution in [0.1, 0.15) is 33.3 Å². The van der Waals surface area contributed by atoms with Crippen molar-refractivity contribution >= 4 is 29.9 Å². The Morgan fingerprint density at radius 2 is 1.83 bits per heavy atom. The lowest BCUT2D eigenvalue weighted by Crippen LogP contribution is -2.45. The topological polar surface area (TPSA) is 45.7 Å². The highest BCUT2D eigenvalue weighted by Crippen LogP contribution is 2.20. The molecule has 23 heavy (non-hydrogen) atoms. The fourth-order valence-corrected chi connectivity index (χ4v) is 2.03. The van der Waals surface area contributed by atoms with E-state index in [2.05, 4.69) is 36.4 Å². The lowest BCUT2D eigenvalue weighted by atomic mass is 9.89. The predicted molar refractivity (Wildman–Crippen MR) is 105 cm³/mol. The molecule has 0 fully saturated rings. The minimum Gasteiger partial charge on any atom is -0.379 e. The van der Waals surface area contributed by atoms with Crippen molar-refractivity contribution in [2.45, 2.75) is 40.3 Å². The van der Waals surface area contributed by atoms with Gasteiger partial charge in [-0.05, 0) is 30.0 Å². The molecule has 0 saturated heterocycles. The average Bonchev–Trinajstić information content (AvgIpc) is 2.45. The zero-order valence-corrected chi connectivity index (χ0v) is 17.0. The van der Waals surface area contributed by atoms with Gasteiger partial charge < -0.3 is 15.4 Å². The van der Waals surface area contributed by atoms with Gasteiger partial charge in [0.1, 0.15) is 5.82 Å². The van der Waals surface area contributed by atoms with E-state index in [1.54, 1.807) is 19.2 Å². The molecule has 0 aliphatic rings. The molecule has 1 unspecified atom stereocenters. The van der Waals surface area contributed by atoms with Crippen molar-refractivity contribution in [3.05, 3.63) is 35.6 Å². The third-order valence-electron chi connectivity index (χ3n) is 3.38. The van der Waals surface area contributed by atoms with Crippen LogP contribution in [-0.4, -0.2) is 32.3 Å². The van der Waals surface area contributed by atoms with Gasteiger partial charge in [0.2, 0.25) is 0 Å². The molecule has 0 aromatic heterocycles. The van der Waals surface area contributed by atoms with Gasteiger partial charge >= 0.3 is 0 Å². The summed E-state index contributed by atoms with van der Waals surface area (Å²) < 4.78 is 18.4. The number of aliphatic imine (C=N–C) groups is 1. The van der Waals surface area contributed by atoms with E-state index in [-0.39, 0.29) is 41.3 Å². The molecule has 1 aromatic carbocycles. The van der Waals surface area contributed by atoms with Gasteiger partial charge in [0.15, 0.2) is 5.96 Å². The first-order chi connectivity index (χ1) is 10.4. The Morgan fingerprint density at radius 3 is 2.30 bits per heavy atom. The summed E-state index contributed by atoms with van der Waals surface area (Å²) in [7, 11) is 1.72. The van der Waals surface area contributed by atoms with E-state index >= 15 is 0 Å². The second kappa shape index (κ2) is 10.8. The first-order valence-corrected chi connectivity index (χ1v) is 7.66. The minimum absolute atomic E-state index is 0. The molecule has 0 aliphatic carbocycles. The van der Waals surface area contributed by atoms with Crippen LogP contribution >= 0.6 is 24.0 Å². The number of benzene rings is 1. The third-order valence-corrected chi connectivity index (χ3v) is 3.38. The summed E-state index contributed by atoms with van der Waals surface area (Å²) in [5.74, 6) is 0.504. The Balaban J connectivity index is 0.00000484. The molecule has 1 rings (SSSR count). The Hall–Kier alpha value is -0.890. The van der Waals surface area contributed by atoms with E-state index in [1.165, 1.54) is 12.1 Å². The van der Waals surface area contributed by atoms with Gasteiger partial charge in [-0.25, -0.2) is 9.38 Å². The molecule has 0 radical (unpaired) electrons. The molecule has 0 saturated carbocycles. The molecule has 2 N–H and O–H groups in total. The number of guanidine groups is 1. The fourth-order valence-electron chi connectivity index (χ4n) is 2.03. The summed E-state index contributed by atoms with van der Waals surface area (Å²) in [6.07, 6.45) is 0.0853. The molecule has 1 aromatic rings. The molecule has 4 nitrogen and oxygen atoms in total. The van der Waals surface area contributed by atoms with Crippen LogP contribution in [0.25, 0.3) is 0 Å². The number of hydrogen-bond donors (Lipinski definition) is 2. The predicted octanol–water partition coefficient (Wildman–Crippen LogP) is 3.56. The van der Waals surface area contributed by atoms with Crippen LogP contribution in [0.4, 0.5) is 4.39 Å². The smallest absolute Gasteiger partial charge is 0.191 e. The van der Waals surface area contributed by atoms with Gasteiger partial charge in [0.05, 0.1) is 12.6 Å². The first-order valence-electron chi connectivity index (χ1n) is 7.66. The quantitative estimate of drug-likeness (QED) is 0.407. The van der Waals surface area contributed by atoms with Gasteiger partial charge in [-0.2, -0.15) is 0 Å². The summed E-state index contributed by atoms with van der Waals surface area (Å²) >= 11 is 0. The summed E-state index contributed by atoms with van der Waals surface area (Å²) in [6, 6.07) is 6.39. The van der Waals surface area contributed by atoms with Crippen LogP contribution < -0.4 is 10.6 Å². The van der Waals surface area contributed by atoms with E-state index in [0.29, 0.717) is 13.1 Å². The van der Waals surface area contributed by atoms with E-state index in [0.717, 1.165) is 18.1 Å². The molecule has 6 heteroatoms. The van der Waals surface area contributed by atoms with Crippen molar-refractivity contribution in [2.24, 2.45) is 10.4 Å². The Kier molecular flexibility index (Phi) is 10.4.